The first-order valence-electron chi connectivity index (χ1n) is 15.7. The number of rotatable bonds is 20. The summed E-state index contributed by atoms with van der Waals surface area (Å²) in [6.45, 7) is 4.36. The smallest absolute Gasteiger partial charge is 0.306 e. The maximum atomic E-state index is 12.7. The Balaban J connectivity index is 1.54. The van der Waals surface area contributed by atoms with Gasteiger partial charge in [-0.05, 0) is 12.8 Å². The minimum atomic E-state index is -0.646. The molecule has 1 fully saturated rings. The van der Waals surface area contributed by atoms with Crippen molar-refractivity contribution in [3.8, 4) is 0 Å². The molecule has 0 aliphatic carbocycles. The first-order valence-corrected chi connectivity index (χ1v) is 15.7. The first kappa shape index (κ1) is 32.6. The van der Waals surface area contributed by atoms with Crippen LogP contribution in [0.4, 0.5) is 5.95 Å². The van der Waals surface area contributed by atoms with Crippen molar-refractivity contribution >= 4 is 29.1 Å². The Morgan fingerprint density at radius 2 is 1.54 bits per heavy atom. The highest BCUT2D eigenvalue weighted by Crippen LogP contribution is 2.33. The number of aromatic amines is 1. The van der Waals surface area contributed by atoms with Crippen LogP contribution < -0.4 is 11.3 Å². The van der Waals surface area contributed by atoms with E-state index in [1.807, 2.05) is 0 Å². The number of nitrogens with zero attached hydrogens (tertiary/aromatic N) is 3. The SMILES string of the molecule is CCCCCCCCCC(=O)OC[C@@H]1O[C@H](n2cnc3c(=O)[nH]c(N)nc32)C[C@H]1OC(=O)CCCCCCCCC. The summed E-state index contributed by atoms with van der Waals surface area (Å²) < 4.78 is 19.2. The van der Waals surface area contributed by atoms with E-state index in [0.717, 1.165) is 38.5 Å². The van der Waals surface area contributed by atoms with Crippen molar-refractivity contribution < 1.29 is 23.8 Å². The van der Waals surface area contributed by atoms with Crippen molar-refractivity contribution in [2.75, 3.05) is 12.3 Å². The molecule has 0 aromatic carbocycles. The summed E-state index contributed by atoms with van der Waals surface area (Å²) in [7, 11) is 0. The van der Waals surface area contributed by atoms with Crippen LogP contribution in [0.5, 0.6) is 0 Å². The number of H-pyrrole nitrogens is 1. The second kappa shape index (κ2) is 17.8. The highest BCUT2D eigenvalue weighted by Gasteiger charge is 2.40. The van der Waals surface area contributed by atoms with Crippen molar-refractivity contribution in [2.24, 2.45) is 0 Å². The number of esters is 2. The van der Waals surface area contributed by atoms with Crippen molar-refractivity contribution in [1.82, 2.24) is 19.5 Å². The van der Waals surface area contributed by atoms with Gasteiger partial charge in [0.05, 0.1) is 6.33 Å². The molecule has 11 heteroatoms. The fourth-order valence-corrected chi connectivity index (χ4v) is 5.23. The number of anilines is 1. The van der Waals surface area contributed by atoms with E-state index in [4.69, 9.17) is 19.9 Å². The lowest BCUT2D eigenvalue weighted by atomic mass is 10.1. The zero-order valence-electron chi connectivity index (χ0n) is 24.9. The van der Waals surface area contributed by atoms with E-state index in [0.29, 0.717) is 19.3 Å². The third-order valence-corrected chi connectivity index (χ3v) is 7.60. The summed E-state index contributed by atoms with van der Waals surface area (Å²) in [6, 6.07) is 0. The van der Waals surface area contributed by atoms with Crippen LogP contribution in [0.2, 0.25) is 0 Å². The van der Waals surface area contributed by atoms with Gasteiger partial charge in [0, 0.05) is 19.3 Å². The molecule has 0 amide bonds. The van der Waals surface area contributed by atoms with Crippen molar-refractivity contribution in [2.45, 2.75) is 141 Å². The second-order valence-electron chi connectivity index (χ2n) is 11.1. The number of aromatic nitrogens is 4. The molecule has 0 unspecified atom stereocenters. The van der Waals surface area contributed by atoms with Gasteiger partial charge in [0.1, 0.15) is 25.0 Å². The van der Waals surface area contributed by atoms with Crippen molar-refractivity contribution in [1.29, 1.82) is 0 Å². The van der Waals surface area contributed by atoms with Crippen LogP contribution in [0, 0.1) is 0 Å². The van der Waals surface area contributed by atoms with Gasteiger partial charge >= 0.3 is 11.9 Å². The Morgan fingerprint density at radius 1 is 0.951 bits per heavy atom. The molecule has 0 spiro atoms. The van der Waals surface area contributed by atoms with E-state index in [9.17, 15) is 14.4 Å². The average Bonchev–Trinajstić information content (AvgIpc) is 3.54. The van der Waals surface area contributed by atoms with Gasteiger partial charge in [0.2, 0.25) is 5.95 Å². The van der Waals surface area contributed by atoms with Gasteiger partial charge in [0.25, 0.3) is 5.56 Å². The Morgan fingerprint density at radius 3 is 2.17 bits per heavy atom. The summed E-state index contributed by atoms with van der Waals surface area (Å²) in [4.78, 5) is 48.2. The number of imidazole rings is 1. The van der Waals surface area contributed by atoms with E-state index < -0.39 is 24.0 Å². The average molecular weight is 576 g/mol. The maximum Gasteiger partial charge on any atom is 0.306 e. The number of nitrogen functional groups attached to an aromatic ring is 1. The normalized spacial score (nSPS) is 18.6. The zero-order valence-corrected chi connectivity index (χ0v) is 24.9. The van der Waals surface area contributed by atoms with Crippen LogP contribution in [0.3, 0.4) is 0 Å². The largest absolute Gasteiger partial charge is 0.463 e. The molecular weight excluding hydrogens is 526 g/mol. The highest BCUT2D eigenvalue weighted by atomic mass is 16.6. The molecule has 0 bridgehead atoms. The molecule has 230 valence electrons. The molecule has 3 N–H and O–H groups in total. The van der Waals surface area contributed by atoms with E-state index in [1.54, 1.807) is 4.57 Å². The molecule has 0 saturated carbocycles. The van der Waals surface area contributed by atoms with Gasteiger partial charge in [0.15, 0.2) is 11.2 Å². The molecule has 11 nitrogen and oxygen atoms in total. The number of carbonyl (C=O) groups is 2. The highest BCUT2D eigenvalue weighted by molar-refractivity contribution is 5.71. The monoisotopic (exact) mass is 575 g/mol. The molecular formula is C30H49N5O6. The Kier molecular flexibility index (Phi) is 14.1. The zero-order chi connectivity index (χ0) is 29.5. The third-order valence-electron chi connectivity index (χ3n) is 7.60. The molecule has 41 heavy (non-hydrogen) atoms. The van der Waals surface area contributed by atoms with Gasteiger partial charge in [-0.2, -0.15) is 4.98 Å². The minimum absolute atomic E-state index is 0.0238. The Bertz CT molecular complexity index is 1130. The number of nitrogens with one attached hydrogen (secondary N) is 1. The number of unbranched alkanes of at least 4 members (excludes halogenated alkanes) is 12. The Labute approximate surface area is 242 Å². The second-order valence-corrected chi connectivity index (χ2v) is 11.1. The van der Waals surface area contributed by atoms with Crippen molar-refractivity contribution in [3.05, 3.63) is 16.7 Å². The predicted octanol–water partition coefficient (Wildman–Crippen LogP) is 5.73. The Hall–Kier alpha value is -2.95. The summed E-state index contributed by atoms with van der Waals surface area (Å²) >= 11 is 0. The van der Waals surface area contributed by atoms with Gasteiger partial charge in [-0.25, -0.2) is 4.98 Å². The van der Waals surface area contributed by atoms with E-state index in [-0.39, 0.29) is 35.7 Å². The lowest BCUT2D eigenvalue weighted by Crippen LogP contribution is -2.32. The lowest BCUT2D eigenvalue weighted by molar-refractivity contribution is -0.158. The molecule has 3 rings (SSSR count). The summed E-state index contributed by atoms with van der Waals surface area (Å²) in [5.41, 5.74) is 5.72. The van der Waals surface area contributed by atoms with Gasteiger partial charge in [-0.15, -0.1) is 0 Å². The molecule has 1 aliphatic heterocycles. The van der Waals surface area contributed by atoms with Crippen LogP contribution in [0.25, 0.3) is 11.2 Å². The van der Waals surface area contributed by atoms with E-state index >= 15 is 0 Å². The number of fused-ring (bicyclic) bond motifs is 1. The quantitative estimate of drug-likeness (QED) is 0.149. The van der Waals surface area contributed by atoms with E-state index in [2.05, 4.69) is 28.8 Å². The fourth-order valence-electron chi connectivity index (χ4n) is 5.23. The molecule has 1 saturated heterocycles. The predicted molar refractivity (Wildman–Crippen MR) is 157 cm³/mol. The molecule has 0 radical (unpaired) electrons. The minimum Gasteiger partial charge on any atom is -0.463 e. The summed E-state index contributed by atoms with van der Waals surface area (Å²) in [5.74, 6) is -0.606. The fraction of sp³-hybridized carbons (Fsp3) is 0.767. The van der Waals surface area contributed by atoms with Crippen LogP contribution in [0.15, 0.2) is 11.1 Å². The topological polar surface area (TPSA) is 151 Å². The lowest BCUT2D eigenvalue weighted by Gasteiger charge is -2.19. The van der Waals surface area contributed by atoms with Crippen LogP contribution in [-0.4, -0.2) is 50.3 Å². The molecule has 1 aliphatic rings. The van der Waals surface area contributed by atoms with Gasteiger partial charge in [-0.1, -0.05) is 90.9 Å². The summed E-state index contributed by atoms with van der Waals surface area (Å²) in [5, 5.41) is 0. The number of hydrogen-bond donors (Lipinski definition) is 2. The number of hydrogen-bond acceptors (Lipinski definition) is 9. The maximum absolute atomic E-state index is 12.7. The van der Waals surface area contributed by atoms with E-state index in [1.165, 1.54) is 57.7 Å². The van der Waals surface area contributed by atoms with Crippen LogP contribution >= 0.6 is 0 Å². The van der Waals surface area contributed by atoms with Crippen LogP contribution in [0.1, 0.15) is 129 Å². The van der Waals surface area contributed by atoms with Crippen molar-refractivity contribution in [3.63, 3.8) is 0 Å². The standard InChI is InChI=1S/C30H49N5O6/c1-3-5-7-9-11-13-15-17-25(36)39-20-23-22(41-26(37)18-16-14-12-10-8-6-4-2)19-24(40-23)35-21-32-27-28(35)33-30(31)34-29(27)38/h21-24H,3-20H2,1-2H3,(H3,31,33,34,38)/t22-,23+,24+/m1/s1. The molecule has 2 aromatic heterocycles. The third kappa shape index (κ3) is 10.8. The molecule has 3 heterocycles. The number of nitrogens with two attached hydrogens (primary N) is 1. The number of carbonyl (C=O) groups excluding carboxylic acids is 2. The number of ether oxygens (including phenoxy) is 3. The van der Waals surface area contributed by atoms with Crippen LogP contribution in [-0.2, 0) is 23.8 Å². The van der Waals surface area contributed by atoms with Gasteiger partial charge in [-0.3, -0.25) is 23.9 Å². The van der Waals surface area contributed by atoms with Gasteiger partial charge < -0.3 is 19.9 Å². The first-order chi connectivity index (χ1) is 19.9. The molecule has 2 aromatic rings. The summed E-state index contributed by atoms with van der Waals surface area (Å²) in [6.07, 6.45) is 16.2. The molecule has 3 atom stereocenters.